The summed E-state index contributed by atoms with van der Waals surface area (Å²) in [5.74, 6) is -0.842. The van der Waals surface area contributed by atoms with E-state index in [2.05, 4.69) is 27.8 Å². The Morgan fingerprint density at radius 3 is 2.92 bits per heavy atom. The second kappa shape index (κ2) is 5.97. The summed E-state index contributed by atoms with van der Waals surface area (Å²) >= 11 is 1.46. The van der Waals surface area contributed by atoms with Crippen LogP contribution in [0.1, 0.15) is 29.0 Å². The molecule has 1 aromatic heterocycles. The van der Waals surface area contributed by atoms with Gasteiger partial charge in [-0.25, -0.2) is 4.98 Å². The molecule has 0 saturated carbocycles. The van der Waals surface area contributed by atoms with Crippen molar-refractivity contribution in [3.8, 4) is 0 Å². The molecule has 0 saturated heterocycles. The van der Waals surface area contributed by atoms with Crippen LogP contribution in [0, 0.1) is 13.8 Å². The molecule has 3 aromatic rings. The number of anilines is 2. The highest BCUT2D eigenvalue weighted by molar-refractivity contribution is 7.22. The summed E-state index contributed by atoms with van der Waals surface area (Å²) < 4.78 is 1.05. The normalized spacial score (nSPS) is 16.4. The number of rotatable bonds is 2. The van der Waals surface area contributed by atoms with Gasteiger partial charge in [-0.3, -0.25) is 9.59 Å². The topological polar surface area (TPSA) is 71.1 Å². The van der Waals surface area contributed by atoms with Gasteiger partial charge in [0.1, 0.15) is 0 Å². The number of aromatic nitrogens is 1. The number of para-hydroxylation sites is 1. The number of benzene rings is 2. The average molecular weight is 351 g/mol. The summed E-state index contributed by atoms with van der Waals surface area (Å²) in [4.78, 5) is 29.2. The number of fused-ring (bicyclic) bond motifs is 2. The van der Waals surface area contributed by atoms with Crippen LogP contribution in [-0.2, 0) is 9.59 Å². The largest absolute Gasteiger partial charge is 0.326 e. The number of nitrogens with zero attached hydrogens (tertiary/aromatic N) is 1. The molecule has 2 aromatic carbocycles. The van der Waals surface area contributed by atoms with Crippen LogP contribution < -0.4 is 10.6 Å². The first-order valence-electron chi connectivity index (χ1n) is 8.08. The van der Waals surface area contributed by atoms with Crippen molar-refractivity contribution in [1.82, 2.24) is 4.98 Å². The van der Waals surface area contributed by atoms with E-state index in [1.165, 1.54) is 16.9 Å². The second-order valence-corrected chi connectivity index (χ2v) is 7.36. The number of amides is 2. The molecule has 0 fully saturated rings. The smallest absolute Gasteiger partial charge is 0.234 e. The predicted octanol–water partition coefficient (Wildman–Crippen LogP) is 3.98. The Balaban J connectivity index is 1.64. The molecule has 0 aliphatic carbocycles. The van der Waals surface area contributed by atoms with Gasteiger partial charge in [-0.1, -0.05) is 35.6 Å². The highest BCUT2D eigenvalue weighted by atomic mass is 32.1. The minimum Gasteiger partial charge on any atom is -0.326 e. The molecule has 6 heteroatoms. The van der Waals surface area contributed by atoms with Crippen LogP contribution in [0.2, 0.25) is 0 Å². The molecule has 2 amide bonds. The zero-order chi connectivity index (χ0) is 17.6. The van der Waals surface area contributed by atoms with E-state index in [4.69, 9.17) is 0 Å². The van der Waals surface area contributed by atoms with E-state index in [1.54, 1.807) is 0 Å². The number of hydrogen-bond donors (Lipinski definition) is 2. The van der Waals surface area contributed by atoms with E-state index >= 15 is 0 Å². The number of nitrogens with one attached hydrogen (secondary N) is 2. The maximum absolute atomic E-state index is 12.8. The van der Waals surface area contributed by atoms with Crippen molar-refractivity contribution in [3.05, 3.63) is 53.1 Å². The van der Waals surface area contributed by atoms with Gasteiger partial charge in [0.05, 0.1) is 16.1 Å². The summed E-state index contributed by atoms with van der Waals surface area (Å²) in [6.45, 7) is 4.06. The first-order valence-corrected chi connectivity index (χ1v) is 8.90. The fraction of sp³-hybridized carbons (Fsp3) is 0.211. The zero-order valence-electron chi connectivity index (χ0n) is 13.9. The minimum absolute atomic E-state index is 0.144. The van der Waals surface area contributed by atoms with Crippen LogP contribution in [0.25, 0.3) is 10.2 Å². The highest BCUT2D eigenvalue weighted by Gasteiger charge is 2.30. The Kier molecular flexibility index (Phi) is 3.77. The molecule has 2 N–H and O–H groups in total. The van der Waals surface area contributed by atoms with Crippen LogP contribution in [0.5, 0.6) is 0 Å². The van der Waals surface area contributed by atoms with Gasteiger partial charge in [-0.15, -0.1) is 0 Å². The summed E-state index contributed by atoms with van der Waals surface area (Å²) in [6.07, 6.45) is 0.145. The number of carbonyl (C=O) groups is 2. The third-order valence-corrected chi connectivity index (χ3v) is 5.29. The molecular weight excluding hydrogens is 334 g/mol. The fourth-order valence-corrected chi connectivity index (χ4v) is 4.31. The van der Waals surface area contributed by atoms with E-state index in [0.717, 1.165) is 21.3 Å². The molecule has 0 radical (unpaired) electrons. The molecule has 2 heterocycles. The monoisotopic (exact) mass is 351 g/mol. The molecule has 0 spiro atoms. The molecule has 1 atom stereocenters. The lowest BCUT2D eigenvalue weighted by molar-refractivity contribution is -0.123. The van der Waals surface area contributed by atoms with Gasteiger partial charge in [-0.2, -0.15) is 0 Å². The second-order valence-electron chi connectivity index (χ2n) is 6.33. The van der Waals surface area contributed by atoms with Crippen molar-refractivity contribution in [2.24, 2.45) is 0 Å². The Labute approximate surface area is 149 Å². The molecule has 0 bridgehead atoms. The Morgan fingerprint density at radius 2 is 2.08 bits per heavy atom. The van der Waals surface area contributed by atoms with Crippen LogP contribution >= 0.6 is 11.3 Å². The third kappa shape index (κ3) is 2.89. The van der Waals surface area contributed by atoms with Crippen molar-refractivity contribution in [1.29, 1.82) is 0 Å². The van der Waals surface area contributed by atoms with Gasteiger partial charge in [-0.05, 0) is 42.7 Å². The SMILES string of the molecule is Cc1cc(C)c2nc(NC(=O)C3CC(=O)Nc4ccccc43)sc2c1. The van der Waals surface area contributed by atoms with Crippen LogP contribution in [0.4, 0.5) is 10.8 Å². The van der Waals surface area contributed by atoms with E-state index < -0.39 is 5.92 Å². The Hall–Kier alpha value is -2.73. The molecule has 1 aliphatic rings. The van der Waals surface area contributed by atoms with E-state index in [0.29, 0.717) is 10.8 Å². The lowest BCUT2D eigenvalue weighted by atomic mass is 9.90. The van der Waals surface area contributed by atoms with Gasteiger partial charge in [0.2, 0.25) is 11.8 Å². The number of hydrogen-bond acceptors (Lipinski definition) is 4. The maximum atomic E-state index is 12.8. The summed E-state index contributed by atoms with van der Waals surface area (Å²) in [7, 11) is 0. The molecule has 25 heavy (non-hydrogen) atoms. The van der Waals surface area contributed by atoms with Crippen LogP contribution in [0.3, 0.4) is 0 Å². The zero-order valence-corrected chi connectivity index (χ0v) is 14.7. The van der Waals surface area contributed by atoms with Gasteiger partial charge >= 0.3 is 0 Å². The predicted molar refractivity (Wildman–Crippen MR) is 100 cm³/mol. The van der Waals surface area contributed by atoms with Crippen LogP contribution in [0.15, 0.2) is 36.4 Å². The van der Waals surface area contributed by atoms with Gasteiger partial charge in [0, 0.05) is 12.1 Å². The quantitative estimate of drug-likeness (QED) is 0.734. The Morgan fingerprint density at radius 1 is 1.28 bits per heavy atom. The van der Waals surface area contributed by atoms with Gasteiger partial charge in [0.25, 0.3) is 0 Å². The summed E-state index contributed by atoms with van der Waals surface area (Å²) in [5, 5.41) is 6.28. The molecule has 4 rings (SSSR count). The summed E-state index contributed by atoms with van der Waals surface area (Å²) in [6, 6.07) is 11.6. The lowest BCUT2D eigenvalue weighted by Gasteiger charge is -2.24. The Bertz CT molecular complexity index is 1010. The number of thiazole rings is 1. The van der Waals surface area contributed by atoms with Crippen molar-refractivity contribution in [2.75, 3.05) is 10.6 Å². The highest BCUT2D eigenvalue weighted by Crippen LogP contribution is 2.34. The van der Waals surface area contributed by atoms with Crippen molar-refractivity contribution in [3.63, 3.8) is 0 Å². The van der Waals surface area contributed by atoms with E-state index in [-0.39, 0.29) is 18.2 Å². The van der Waals surface area contributed by atoms with Crippen molar-refractivity contribution in [2.45, 2.75) is 26.2 Å². The molecule has 1 aliphatic heterocycles. The van der Waals surface area contributed by atoms with E-state index in [9.17, 15) is 9.59 Å². The minimum atomic E-state index is -0.500. The number of aryl methyl sites for hydroxylation is 2. The van der Waals surface area contributed by atoms with Crippen LogP contribution in [-0.4, -0.2) is 16.8 Å². The standard InChI is InChI=1S/C19H17N3O2S/c1-10-7-11(2)17-15(8-10)25-19(21-17)22-18(24)13-9-16(23)20-14-6-4-3-5-12(13)14/h3-8,13H,9H2,1-2H3,(H,20,23)(H,21,22,24). The van der Waals surface area contributed by atoms with E-state index in [1.807, 2.05) is 38.1 Å². The molecule has 1 unspecified atom stereocenters. The van der Waals surface area contributed by atoms with Gasteiger partial charge < -0.3 is 10.6 Å². The maximum Gasteiger partial charge on any atom is 0.234 e. The fourth-order valence-electron chi connectivity index (χ4n) is 3.26. The third-order valence-electron chi connectivity index (χ3n) is 4.38. The first-order chi connectivity index (χ1) is 12.0. The van der Waals surface area contributed by atoms with Crippen molar-refractivity contribution < 1.29 is 9.59 Å². The number of carbonyl (C=O) groups excluding carboxylic acids is 2. The van der Waals surface area contributed by atoms with Crippen molar-refractivity contribution >= 4 is 44.2 Å². The molecular formula is C19H17N3O2S. The van der Waals surface area contributed by atoms with Gasteiger partial charge in [0.15, 0.2) is 5.13 Å². The average Bonchev–Trinajstić information content (AvgIpc) is 2.96. The molecule has 126 valence electrons. The summed E-state index contributed by atoms with van der Waals surface area (Å²) in [5.41, 5.74) is 4.72. The lowest BCUT2D eigenvalue weighted by Crippen LogP contribution is -2.30. The molecule has 5 nitrogen and oxygen atoms in total. The first kappa shape index (κ1) is 15.8.